The fraction of sp³-hybridized carbons (Fsp3) is 0.185. The summed E-state index contributed by atoms with van der Waals surface area (Å²) in [6.45, 7) is 3.26. The molecule has 0 spiro atoms. The summed E-state index contributed by atoms with van der Waals surface area (Å²) in [5.74, 6) is -0.0179. The molecule has 33 heavy (non-hydrogen) atoms. The Morgan fingerprint density at radius 3 is 2.48 bits per heavy atom. The number of aryl methyl sites for hydroxylation is 2. The predicted octanol–water partition coefficient (Wildman–Crippen LogP) is 6.33. The van der Waals surface area contributed by atoms with Gasteiger partial charge in [-0.25, -0.2) is 4.98 Å². The Labute approximate surface area is 197 Å². The summed E-state index contributed by atoms with van der Waals surface area (Å²) >= 11 is 1.67. The lowest BCUT2D eigenvalue weighted by molar-refractivity contribution is -0.136. The largest absolute Gasteiger partial charge is 0.489 e. The molecule has 2 N–H and O–H groups in total. The van der Waals surface area contributed by atoms with Gasteiger partial charge in [0, 0.05) is 23.4 Å². The fourth-order valence-electron chi connectivity index (χ4n) is 3.51. The van der Waals surface area contributed by atoms with Gasteiger partial charge in [-0.1, -0.05) is 66.7 Å². The number of benzene rings is 3. The highest BCUT2D eigenvalue weighted by Crippen LogP contribution is 2.30. The number of nitrogens with zero attached hydrogens (tertiary/aromatic N) is 1. The second-order valence-corrected chi connectivity index (χ2v) is 8.99. The first-order valence-corrected chi connectivity index (χ1v) is 11.7. The summed E-state index contributed by atoms with van der Waals surface area (Å²) in [6, 6.07) is 26.1. The molecule has 1 aromatic heterocycles. The van der Waals surface area contributed by atoms with Gasteiger partial charge in [0.15, 0.2) is 5.13 Å². The van der Waals surface area contributed by atoms with Gasteiger partial charge in [-0.3, -0.25) is 4.79 Å². The third-order valence-corrected chi connectivity index (χ3v) is 6.16. The number of carbonyl (C=O) groups is 1. The predicted molar refractivity (Wildman–Crippen MR) is 133 cm³/mol. The number of anilines is 1. The van der Waals surface area contributed by atoms with Crippen LogP contribution in [-0.4, -0.2) is 16.1 Å². The van der Waals surface area contributed by atoms with E-state index < -0.39 is 5.97 Å². The highest BCUT2D eigenvalue weighted by atomic mass is 32.1. The molecule has 0 unspecified atom stereocenters. The van der Waals surface area contributed by atoms with Crippen LogP contribution in [-0.2, 0) is 24.4 Å². The van der Waals surface area contributed by atoms with Crippen LogP contribution in [0.3, 0.4) is 0 Å². The van der Waals surface area contributed by atoms with Crippen molar-refractivity contribution in [1.29, 1.82) is 0 Å². The van der Waals surface area contributed by atoms with E-state index in [2.05, 4.69) is 36.5 Å². The van der Waals surface area contributed by atoms with Gasteiger partial charge < -0.3 is 15.2 Å². The van der Waals surface area contributed by atoms with Gasteiger partial charge in [0.2, 0.25) is 0 Å². The Balaban J connectivity index is 1.32. The van der Waals surface area contributed by atoms with Crippen molar-refractivity contribution in [3.8, 4) is 17.0 Å². The SMILES string of the molecule is Cc1sc(NCc2cccc(COc3ccc(CCC(=O)O)cc3)c2)nc1-c1ccccc1. The van der Waals surface area contributed by atoms with E-state index in [1.165, 1.54) is 4.88 Å². The molecule has 0 radical (unpaired) electrons. The van der Waals surface area contributed by atoms with Crippen LogP contribution in [0.15, 0.2) is 78.9 Å². The zero-order chi connectivity index (χ0) is 23.0. The number of aromatic nitrogens is 1. The number of ether oxygens (including phenoxy) is 1. The van der Waals surface area contributed by atoms with Crippen LogP contribution in [0.5, 0.6) is 5.75 Å². The van der Waals surface area contributed by atoms with Gasteiger partial charge in [0.1, 0.15) is 12.4 Å². The van der Waals surface area contributed by atoms with E-state index in [1.807, 2.05) is 54.6 Å². The maximum absolute atomic E-state index is 10.7. The first kappa shape index (κ1) is 22.6. The van der Waals surface area contributed by atoms with Gasteiger partial charge in [-0.05, 0) is 42.2 Å². The monoisotopic (exact) mass is 458 g/mol. The molecule has 0 atom stereocenters. The molecule has 0 bridgehead atoms. The quantitative estimate of drug-likeness (QED) is 0.291. The Bertz CT molecular complexity index is 1200. The summed E-state index contributed by atoms with van der Waals surface area (Å²) in [5.41, 5.74) is 5.40. The Hall–Kier alpha value is -3.64. The van der Waals surface area contributed by atoms with Gasteiger partial charge in [0.25, 0.3) is 0 Å². The second kappa shape index (κ2) is 10.8. The fourth-order valence-corrected chi connectivity index (χ4v) is 4.34. The molecule has 0 fully saturated rings. The summed E-state index contributed by atoms with van der Waals surface area (Å²) in [7, 11) is 0. The number of thiazole rings is 1. The standard InChI is InChI=1S/C27H26N2O3S/c1-19-26(23-8-3-2-4-9-23)29-27(33-19)28-17-21-6-5-7-22(16-21)18-32-24-13-10-20(11-14-24)12-15-25(30)31/h2-11,13-14,16H,12,15,17-18H2,1H3,(H,28,29)(H,30,31). The van der Waals surface area contributed by atoms with E-state index in [9.17, 15) is 4.79 Å². The summed E-state index contributed by atoms with van der Waals surface area (Å²) in [6.07, 6.45) is 0.658. The number of carboxylic acid groups (broad SMARTS) is 1. The normalized spacial score (nSPS) is 10.7. The van der Waals surface area contributed by atoms with Crippen LogP contribution in [0.1, 0.15) is 28.0 Å². The number of nitrogens with one attached hydrogen (secondary N) is 1. The second-order valence-electron chi connectivity index (χ2n) is 7.79. The molecule has 0 saturated carbocycles. The van der Waals surface area contributed by atoms with Gasteiger partial charge >= 0.3 is 5.97 Å². The minimum atomic E-state index is -0.786. The Morgan fingerprint density at radius 2 is 1.73 bits per heavy atom. The Kier molecular flexibility index (Phi) is 7.37. The lowest BCUT2D eigenvalue weighted by Gasteiger charge is -2.09. The van der Waals surface area contributed by atoms with E-state index in [1.54, 1.807) is 11.3 Å². The first-order valence-electron chi connectivity index (χ1n) is 10.8. The van der Waals surface area contributed by atoms with Crippen molar-refractivity contribution in [3.05, 3.63) is 100 Å². The van der Waals surface area contributed by atoms with Crippen molar-refractivity contribution < 1.29 is 14.6 Å². The van der Waals surface area contributed by atoms with Crippen molar-refractivity contribution in [2.75, 3.05) is 5.32 Å². The number of hydrogen-bond acceptors (Lipinski definition) is 5. The van der Waals surface area contributed by atoms with Crippen molar-refractivity contribution in [2.45, 2.75) is 32.9 Å². The van der Waals surface area contributed by atoms with Crippen molar-refractivity contribution in [1.82, 2.24) is 4.98 Å². The number of aliphatic carboxylic acids is 1. The minimum Gasteiger partial charge on any atom is -0.489 e. The van der Waals surface area contributed by atoms with Crippen LogP contribution in [0.4, 0.5) is 5.13 Å². The summed E-state index contributed by atoms with van der Waals surface area (Å²) < 4.78 is 5.91. The first-order chi connectivity index (χ1) is 16.1. The summed E-state index contributed by atoms with van der Waals surface area (Å²) in [4.78, 5) is 16.7. The maximum Gasteiger partial charge on any atom is 0.303 e. The average Bonchev–Trinajstić information content (AvgIpc) is 3.22. The van der Waals surface area contributed by atoms with Crippen molar-refractivity contribution >= 4 is 22.4 Å². The highest BCUT2D eigenvalue weighted by Gasteiger charge is 2.09. The minimum absolute atomic E-state index is 0.134. The number of hydrogen-bond donors (Lipinski definition) is 2. The van der Waals surface area contributed by atoms with Crippen LogP contribution < -0.4 is 10.1 Å². The van der Waals surface area contributed by atoms with E-state index in [0.717, 1.165) is 38.8 Å². The van der Waals surface area contributed by atoms with E-state index in [4.69, 9.17) is 14.8 Å². The maximum atomic E-state index is 10.7. The molecule has 0 aliphatic heterocycles. The highest BCUT2D eigenvalue weighted by molar-refractivity contribution is 7.16. The van der Waals surface area contributed by atoms with Crippen molar-refractivity contribution in [3.63, 3.8) is 0 Å². The van der Waals surface area contributed by atoms with Gasteiger partial charge in [-0.15, -0.1) is 11.3 Å². The van der Waals surface area contributed by atoms with Gasteiger partial charge in [-0.2, -0.15) is 0 Å². The molecule has 0 amide bonds. The number of carboxylic acids is 1. The lowest BCUT2D eigenvalue weighted by Crippen LogP contribution is -2.01. The van der Waals surface area contributed by atoms with Gasteiger partial charge in [0.05, 0.1) is 5.69 Å². The summed E-state index contributed by atoms with van der Waals surface area (Å²) in [5, 5.41) is 13.2. The molecule has 0 aliphatic rings. The number of rotatable bonds is 10. The third kappa shape index (κ3) is 6.43. The molecule has 0 saturated heterocycles. The van der Waals surface area contributed by atoms with Crippen LogP contribution in [0, 0.1) is 6.92 Å². The molecule has 0 aliphatic carbocycles. The molecule has 168 valence electrons. The molecule has 5 nitrogen and oxygen atoms in total. The zero-order valence-corrected chi connectivity index (χ0v) is 19.3. The molecular weight excluding hydrogens is 432 g/mol. The lowest BCUT2D eigenvalue weighted by atomic mass is 10.1. The Morgan fingerprint density at radius 1 is 0.970 bits per heavy atom. The van der Waals surface area contributed by atoms with Crippen LogP contribution in [0.25, 0.3) is 11.3 Å². The van der Waals surface area contributed by atoms with Crippen LogP contribution in [0.2, 0.25) is 0 Å². The molecule has 4 rings (SSSR count). The molecule has 4 aromatic rings. The zero-order valence-electron chi connectivity index (χ0n) is 18.5. The van der Waals surface area contributed by atoms with E-state index >= 15 is 0 Å². The molecular formula is C27H26N2O3S. The van der Waals surface area contributed by atoms with Crippen LogP contribution >= 0.6 is 11.3 Å². The smallest absolute Gasteiger partial charge is 0.303 e. The third-order valence-electron chi connectivity index (χ3n) is 5.24. The average molecular weight is 459 g/mol. The topological polar surface area (TPSA) is 71.5 Å². The van der Waals surface area contributed by atoms with E-state index in [-0.39, 0.29) is 6.42 Å². The molecule has 1 heterocycles. The molecule has 3 aromatic carbocycles. The molecule has 6 heteroatoms. The van der Waals surface area contributed by atoms with Crippen molar-refractivity contribution in [2.24, 2.45) is 0 Å². The van der Waals surface area contributed by atoms with E-state index in [0.29, 0.717) is 19.6 Å².